The smallest absolute Gasteiger partial charge is 0.119 e. The van der Waals surface area contributed by atoms with Gasteiger partial charge < -0.3 is 19.7 Å². The van der Waals surface area contributed by atoms with Gasteiger partial charge in [0.05, 0.1) is 19.5 Å². The Hall–Kier alpha value is -1.85. The molecule has 0 aliphatic carbocycles. The van der Waals surface area contributed by atoms with E-state index in [1.165, 1.54) is 0 Å². The van der Waals surface area contributed by atoms with Gasteiger partial charge in [-0.05, 0) is 37.6 Å². The predicted molar refractivity (Wildman–Crippen MR) is 82.3 cm³/mol. The molecule has 2 N–H and O–H groups in total. The van der Waals surface area contributed by atoms with Crippen LogP contribution in [-0.4, -0.2) is 34.4 Å². The second-order valence-electron chi connectivity index (χ2n) is 5.12. The van der Waals surface area contributed by atoms with Crippen molar-refractivity contribution < 1.29 is 9.84 Å². The highest BCUT2D eigenvalue weighted by molar-refractivity contribution is 5.30. The third kappa shape index (κ3) is 4.58. The molecule has 21 heavy (non-hydrogen) atoms. The average molecular weight is 289 g/mol. The Kier molecular flexibility index (Phi) is 5.78. The molecule has 1 aromatic heterocycles. The molecule has 0 bridgehead atoms. The number of aliphatic hydroxyl groups is 1. The summed E-state index contributed by atoms with van der Waals surface area (Å²) in [5.74, 6) is 0.763. The van der Waals surface area contributed by atoms with Crippen LogP contribution in [0, 0.1) is 0 Å². The summed E-state index contributed by atoms with van der Waals surface area (Å²) in [5.41, 5.74) is 0.865. The van der Waals surface area contributed by atoms with Crippen molar-refractivity contribution in [3.8, 4) is 5.75 Å². The van der Waals surface area contributed by atoms with Gasteiger partial charge in [0.2, 0.25) is 0 Å². The van der Waals surface area contributed by atoms with Crippen LogP contribution in [0.5, 0.6) is 5.75 Å². The number of nitrogens with zero attached hydrogens (tertiary/aromatic N) is 2. The van der Waals surface area contributed by atoms with E-state index in [4.69, 9.17) is 4.74 Å². The Morgan fingerprint density at radius 3 is 3.00 bits per heavy atom. The van der Waals surface area contributed by atoms with Gasteiger partial charge in [0, 0.05) is 25.0 Å². The summed E-state index contributed by atoms with van der Waals surface area (Å²) in [4.78, 5) is 4.01. The standard InChI is InChI=1S/C16H23N3O2/c1-13(18-7-4-9-19-10-8-17-12-19)16(20)14-5-3-6-15(11-14)21-2/h3,5-6,8,10-13,16,18,20H,4,7,9H2,1-2H3. The minimum absolute atomic E-state index is 0.0140. The Morgan fingerprint density at radius 2 is 2.29 bits per heavy atom. The summed E-state index contributed by atoms with van der Waals surface area (Å²) in [6.45, 7) is 3.76. The average Bonchev–Trinajstić information content (AvgIpc) is 3.04. The second-order valence-corrected chi connectivity index (χ2v) is 5.12. The molecule has 5 heteroatoms. The zero-order valence-corrected chi connectivity index (χ0v) is 12.6. The van der Waals surface area contributed by atoms with Gasteiger partial charge in [-0.3, -0.25) is 0 Å². The van der Waals surface area contributed by atoms with Crippen LogP contribution in [0.15, 0.2) is 43.0 Å². The van der Waals surface area contributed by atoms with Gasteiger partial charge in [-0.15, -0.1) is 0 Å². The van der Waals surface area contributed by atoms with Crippen LogP contribution in [0.2, 0.25) is 0 Å². The van der Waals surface area contributed by atoms with Crippen molar-refractivity contribution in [2.24, 2.45) is 0 Å². The highest BCUT2D eigenvalue weighted by Crippen LogP contribution is 2.21. The number of nitrogens with one attached hydrogen (secondary N) is 1. The van der Waals surface area contributed by atoms with Gasteiger partial charge in [0.25, 0.3) is 0 Å². The van der Waals surface area contributed by atoms with Crippen LogP contribution in [-0.2, 0) is 6.54 Å². The molecule has 0 fully saturated rings. The molecule has 0 saturated carbocycles. The number of ether oxygens (including phenoxy) is 1. The fourth-order valence-corrected chi connectivity index (χ4v) is 2.24. The van der Waals surface area contributed by atoms with Gasteiger partial charge in [0.15, 0.2) is 0 Å². The number of rotatable bonds is 8. The molecule has 0 saturated heterocycles. The zero-order valence-electron chi connectivity index (χ0n) is 12.6. The van der Waals surface area contributed by atoms with Gasteiger partial charge >= 0.3 is 0 Å². The van der Waals surface area contributed by atoms with E-state index in [1.807, 2.05) is 48.3 Å². The van der Waals surface area contributed by atoms with Crippen LogP contribution in [0.25, 0.3) is 0 Å². The molecule has 0 spiro atoms. The van der Waals surface area contributed by atoms with E-state index in [2.05, 4.69) is 10.3 Å². The maximum absolute atomic E-state index is 10.4. The largest absolute Gasteiger partial charge is 0.497 e. The molecule has 0 amide bonds. The molecule has 0 aliphatic rings. The Morgan fingerprint density at radius 1 is 1.43 bits per heavy atom. The van der Waals surface area contributed by atoms with Crippen molar-refractivity contribution in [2.75, 3.05) is 13.7 Å². The lowest BCUT2D eigenvalue weighted by Crippen LogP contribution is -2.33. The SMILES string of the molecule is COc1cccc(C(O)C(C)NCCCn2ccnc2)c1. The number of hydrogen-bond donors (Lipinski definition) is 2. The van der Waals surface area contributed by atoms with Crippen LogP contribution in [0.1, 0.15) is 25.0 Å². The molecule has 2 aromatic rings. The van der Waals surface area contributed by atoms with Crippen LogP contribution < -0.4 is 10.1 Å². The third-order valence-electron chi connectivity index (χ3n) is 3.53. The van der Waals surface area contributed by atoms with E-state index < -0.39 is 6.10 Å². The van der Waals surface area contributed by atoms with Crippen molar-refractivity contribution >= 4 is 0 Å². The minimum atomic E-state index is -0.548. The highest BCUT2D eigenvalue weighted by atomic mass is 16.5. The Balaban J connectivity index is 1.77. The lowest BCUT2D eigenvalue weighted by atomic mass is 10.0. The molecule has 2 atom stereocenters. The van der Waals surface area contributed by atoms with E-state index in [0.29, 0.717) is 0 Å². The van der Waals surface area contributed by atoms with E-state index in [9.17, 15) is 5.11 Å². The Bertz CT molecular complexity index is 528. The van der Waals surface area contributed by atoms with Gasteiger partial charge in [-0.25, -0.2) is 4.98 Å². The number of aliphatic hydroxyl groups excluding tert-OH is 1. The lowest BCUT2D eigenvalue weighted by Gasteiger charge is -2.21. The lowest BCUT2D eigenvalue weighted by molar-refractivity contribution is 0.135. The molecule has 5 nitrogen and oxygen atoms in total. The Labute approximate surface area is 125 Å². The molecule has 2 unspecified atom stereocenters. The summed E-state index contributed by atoms with van der Waals surface area (Å²) < 4.78 is 7.23. The number of benzene rings is 1. The van der Waals surface area contributed by atoms with Crippen molar-refractivity contribution in [1.29, 1.82) is 0 Å². The summed E-state index contributed by atoms with van der Waals surface area (Å²) >= 11 is 0. The second kappa shape index (κ2) is 7.81. The summed E-state index contributed by atoms with van der Waals surface area (Å²) in [6, 6.07) is 7.54. The van der Waals surface area contributed by atoms with Crippen LogP contribution in [0.3, 0.4) is 0 Å². The molecule has 114 valence electrons. The third-order valence-corrected chi connectivity index (χ3v) is 3.53. The molecule has 1 aromatic carbocycles. The predicted octanol–water partition coefficient (Wildman–Crippen LogP) is 1.99. The topological polar surface area (TPSA) is 59.3 Å². The normalized spacial score (nSPS) is 13.9. The van der Waals surface area contributed by atoms with E-state index >= 15 is 0 Å². The molecular formula is C16H23N3O2. The van der Waals surface area contributed by atoms with Gasteiger partial charge in [0.1, 0.15) is 5.75 Å². The first-order valence-electron chi connectivity index (χ1n) is 7.22. The number of imidazole rings is 1. The van der Waals surface area contributed by atoms with Gasteiger partial charge in [-0.2, -0.15) is 0 Å². The first-order chi connectivity index (χ1) is 10.2. The monoisotopic (exact) mass is 289 g/mol. The number of aryl methyl sites for hydroxylation is 1. The zero-order chi connectivity index (χ0) is 15.1. The van der Waals surface area contributed by atoms with Crippen molar-refractivity contribution in [3.63, 3.8) is 0 Å². The molecule has 0 aliphatic heterocycles. The quantitative estimate of drug-likeness (QED) is 0.730. The number of hydrogen-bond acceptors (Lipinski definition) is 4. The first-order valence-corrected chi connectivity index (χ1v) is 7.22. The summed E-state index contributed by atoms with van der Waals surface area (Å²) in [5, 5.41) is 13.7. The molecule has 1 heterocycles. The maximum atomic E-state index is 10.4. The molecule has 0 radical (unpaired) electrons. The van der Waals surface area contributed by atoms with Gasteiger partial charge in [-0.1, -0.05) is 12.1 Å². The van der Waals surface area contributed by atoms with Crippen LogP contribution in [0.4, 0.5) is 0 Å². The highest BCUT2D eigenvalue weighted by Gasteiger charge is 2.16. The summed E-state index contributed by atoms with van der Waals surface area (Å²) in [7, 11) is 1.63. The van der Waals surface area contributed by atoms with Crippen molar-refractivity contribution in [2.45, 2.75) is 32.0 Å². The van der Waals surface area contributed by atoms with Crippen LogP contribution >= 0.6 is 0 Å². The minimum Gasteiger partial charge on any atom is -0.497 e. The molecular weight excluding hydrogens is 266 g/mol. The first kappa shape index (κ1) is 15.5. The fraction of sp³-hybridized carbons (Fsp3) is 0.438. The number of aromatic nitrogens is 2. The van der Waals surface area contributed by atoms with E-state index in [0.717, 1.165) is 30.8 Å². The maximum Gasteiger partial charge on any atom is 0.119 e. The van der Waals surface area contributed by atoms with E-state index in [1.54, 1.807) is 13.3 Å². The van der Waals surface area contributed by atoms with Crippen molar-refractivity contribution in [1.82, 2.24) is 14.9 Å². The summed E-state index contributed by atoms with van der Waals surface area (Å²) in [6.07, 6.45) is 5.99. The van der Waals surface area contributed by atoms with Crippen molar-refractivity contribution in [3.05, 3.63) is 48.5 Å². The molecule has 2 rings (SSSR count). The number of methoxy groups -OCH3 is 1. The van der Waals surface area contributed by atoms with E-state index in [-0.39, 0.29) is 6.04 Å². The fourth-order valence-electron chi connectivity index (χ4n) is 2.24.